The van der Waals surface area contributed by atoms with Gasteiger partial charge in [-0.1, -0.05) is 36.4 Å². The Kier molecular flexibility index (Phi) is 4.42. The molecule has 27 heavy (non-hydrogen) atoms. The average Bonchev–Trinajstić information content (AvgIpc) is 3.09. The van der Waals surface area contributed by atoms with Gasteiger partial charge in [0.1, 0.15) is 11.6 Å². The van der Waals surface area contributed by atoms with E-state index in [2.05, 4.69) is 10.5 Å². The summed E-state index contributed by atoms with van der Waals surface area (Å²) in [6.07, 6.45) is 2.02. The lowest BCUT2D eigenvalue weighted by atomic mass is 9.93. The number of ether oxygens (including phenoxy) is 1. The number of hydrogen-bond donors (Lipinski definition) is 1. The summed E-state index contributed by atoms with van der Waals surface area (Å²) in [5.74, 6) is -1.91. The summed E-state index contributed by atoms with van der Waals surface area (Å²) < 4.78 is 6.82. The Labute approximate surface area is 155 Å². The van der Waals surface area contributed by atoms with Crippen LogP contribution in [0.1, 0.15) is 18.9 Å². The van der Waals surface area contributed by atoms with Crippen molar-refractivity contribution in [2.75, 3.05) is 6.61 Å². The minimum atomic E-state index is -0.917. The number of aromatic nitrogens is 2. The predicted molar refractivity (Wildman–Crippen MR) is 100 cm³/mol. The number of hydrogen-bond acceptors (Lipinski definition) is 5. The molecule has 0 saturated heterocycles. The van der Waals surface area contributed by atoms with Crippen LogP contribution in [0.2, 0.25) is 0 Å². The monoisotopic (exact) mass is 362 g/mol. The van der Waals surface area contributed by atoms with Crippen LogP contribution in [0.25, 0.3) is 16.8 Å². The molecule has 7 nitrogen and oxygen atoms in total. The summed E-state index contributed by atoms with van der Waals surface area (Å²) in [6, 6.07) is 15.5. The Morgan fingerprint density at radius 2 is 2.00 bits per heavy atom. The van der Waals surface area contributed by atoms with E-state index in [-0.39, 0.29) is 13.0 Å². The summed E-state index contributed by atoms with van der Waals surface area (Å²) in [4.78, 5) is 24.3. The van der Waals surface area contributed by atoms with Crippen molar-refractivity contribution in [3.8, 4) is 11.3 Å². The highest BCUT2D eigenvalue weighted by atomic mass is 16.5. The van der Waals surface area contributed by atoms with Crippen molar-refractivity contribution in [3.05, 3.63) is 60.3 Å². The maximum absolute atomic E-state index is 12.2. The van der Waals surface area contributed by atoms with Gasteiger partial charge in [-0.25, -0.2) is 9.94 Å². The van der Waals surface area contributed by atoms with Crippen LogP contribution in [0, 0.1) is 5.92 Å². The van der Waals surface area contributed by atoms with E-state index in [4.69, 9.17) is 9.84 Å². The molecule has 1 atom stereocenters. The average molecular weight is 362 g/mol. The van der Waals surface area contributed by atoms with Crippen molar-refractivity contribution in [2.24, 2.45) is 11.0 Å². The second-order valence-electron chi connectivity index (χ2n) is 6.16. The van der Waals surface area contributed by atoms with Gasteiger partial charge in [0.15, 0.2) is 0 Å². The van der Waals surface area contributed by atoms with Crippen LogP contribution in [0.4, 0.5) is 0 Å². The largest absolute Gasteiger partial charge is 0.465 e. The molecule has 0 saturated carbocycles. The molecular weight excluding hydrogens is 344 g/mol. The minimum absolute atomic E-state index is 0.167. The van der Waals surface area contributed by atoms with Gasteiger partial charge in [-0.3, -0.25) is 9.59 Å². The Bertz CT molecular complexity index is 1040. The molecule has 1 N–H and O–H groups in total. The Morgan fingerprint density at radius 1 is 1.22 bits per heavy atom. The van der Waals surface area contributed by atoms with Crippen molar-refractivity contribution in [1.82, 2.24) is 15.0 Å². The standard InChI is InChI=1S/C20H18N4O3/c1-2-27-20(26)14-12-15(21-22-19(14)25)17-16-10-6-7-11-24(16)23-18(17)13-8-4-3-5-9-13/h3-11,14H,2,12H2,1H3,(H,22,25). The first kappa shape index (κ1) is 17.0. The molecule has 0 aliphatic carbocycles. The molecule has 2 aromatic heterocycles. The first-order valence-electron chi connectivity index (χ1n) is 8.75. The first-order chi connectivity index (χ1) is 13.2. The summed E-state index contributed by atoms with van der Waals surface area (Å²) in [7, 11) is 0. The quantitative estimate of drug-likeness (QED) is 0.570. The number of nitrogens with zero attached hydrogens (tertiary/aromatic N) is 3. The van der Waals surface area contributed by atoms with Crippen LogP contribution in [-0.4, -0.2) is 33.8 Å². The fraction of sp³-hybridized carbons (Fsp3) is 0.200. The highest BCUT2D eigenvalue weighted by Crippen LogP contribution is 2.29. The number of pyridine rings is 1. The van der Waals surface area contributed by atoms with Gasteiger partial charge in [0.05, 0.1) is 23.4 Å². The van der Waals surface area contributed by atoms with Crippen molar-refractivity contribution < 1.29 is 14.3 Å². The van der Waals surface area contributed by atoms with Crippen LogP contribution in [-0.2, 0) is 14.3 Å². The first-order valence-corrected chi connectivity index (χ1v) is 8.75. The normalized spacial score (nSPS) is 16.7. The number of nitrogens with one attached hydrogen (secondary N) is 1. The fourth-order valence-corrected chi connectivity index (χ4v) is 3.20. The van der Waals surface area contributed by atoms with Crippen LogP contribution in [0.15, 0.2) is 59.8 Å². The smallest absolute Gasteiger partial charge is 0.318 e. The molecule has 1 aliphatic rings. The van der Waals surface area contributed by atoms with E-state index in [9.17, 15) is 9.59 Å². The van der Waals surface area contributed by atoms with Gasteiger partial charge in [0.25, 0.3) is 5.91 Å². The topological polar surface area (TPSA) is 85.1 Å². The number of hydrazone groups is 1. The van der Waals surface area contributed by atoms with Gasteiger partial charge in [0.2, 0.25) is 0 Å². The third kappa shape index (κ3) is 3.08. The molecule has 3 heterocycles. The summed E-state index contributed by atoms with van der Waals surface area (Å²) in [5.41, 5.74) is 6.41. The van der Waals surface area contributed by atoms with Crippen molar-refractivity contribution in [3.63, 3.8) is 0 Å². The molecule has 0 radical (unpaired) electrons. The molecule has 0 fully saturated rings. The third-order valence-electron chi connectivity index (χ3n) is 4.46. The molecule has 1 aromatic carbocycles. The van der Waals surface area contributed by atoms with Crippen LogP contribution < -0.4 is 5.43 Å². The zero-order chi connectivity index (χ0) is 18.8. The van der Waals surface area contributed by atoms with Crippen molar-refractivity contribution >= 4 is 23.1 Å². The maximum Gasteiger partial charge on any atom is 0.318 e. The van der Waals surface area contributed by atoms with Crippen molar-refractivity contribution in [1.29, 1.82) is 0 Å². The third-order valence-corrected chi connectivity index (χ3v) is 4.46. The second kappa shape index (κ2) is 7.03. The van der Waals surface area contributed by atoms with Crippen molar-refractivity contribution in [2.45, 2.75) is 13.3 Å². The van der Waals surface area contributed by atoms with E-state index in [0.29, 0.717) is 5.71 Å². The van der Waals surface area contributed by atoms with Gasteiger partial charge in [-0.2, -0.15) is 10.2 Å². The van der Waals surface area contributed by atoms with Crippen LogP contribution in [0.5, 0.6) is 0 Å². The molecule has 0 spiro atoms. The lowest BCUT2D eigenvalue weighted by molar-refractivity contribution is -0.152. The molecule has 1 aliphatic heterocycles. The number of fused-ring (bicyclic) bond motifs is 1. The number of amides is 1. The lowest BCUT2D eigenvalue weighted by Gasteiger charge is -2.20. The van der Waals surface area contributed by atoms with Gasteiger partial charge in [-0.05, 0) is 19.1 Å². The highest BCUT2D eigenvalue weighted by molar-refractivity contribution is 6.16. The van der Waals surface area contributed by atoms with E-state index >= 15 is 0 Å². The Hall–Kier alpha value is -3.48. The van der Waals surface area contributed by atoms with Gasteiger partial charge >= 0.3 is 5.97 Å². The minimum Gasteiger partial charge on any atom is -0.465 e. The van der Waals surface area contributed by atoms with E-state index < -0.39 is 17.8 Å². The van der Waals surface area contributed by atoms with Gasteiger partial charge in [-0.15, -0.1) is 0 Å². The van der Waals surface area contributed by atoms with Crippen LogP contribution in [0.3, 0.4) is 0 Å². The zero-order valence-electron chi connectivity index (χ0n) is 14.8. The Balaban J connectivity index is 1.83. The summed E-state index contributed by atoms with van der Waals surface area (Å²) in [5, 5.41) is 8.93. The van der Waals surface area contributed by atoms with Gasteiger partial charge < -0.3 is 4.74 Å². The molecule has 136 valence electrons. The molecule has 1 unspecified atom stereocenters. The molecule has 7 heteroatoms. The lowest BCUT2D eigenvalue weighted by Crippen LogP contribution is -2.40. The molecular formula is C20H18N4O3. The molecule has 4 rings (SSSR count). The second-order valence-corrected chi connectivity index (χ2v) is 6.16. The van der Waals surface area contributed by atoms with E-state index in [1.165, 1.54) is 0 Å². The number of benzene rings is 1. The Morgan fingerprint density at radius 3 is 2.78 bits per heavy atom. The number of rotatable bonds is 4. The molecule has 3 aromatic rings. The zero-order valence-corrected chi connectivity index (χ0v) is 14.8. The van der Waals surface area contributed by atoms with E-state index in [0.717, 1.165) is 22.3 Å². The maximum atomic E-state index is 12.2. The SMILES string of the molecule is CCOC(=O)C1CC(c2c(-c3ccccc3)nn3ccccc23)=NNC1=O. The predicted octanol–water partition coefficient (Wildman–Crippen LogP) is 2.40. The van der Waals surface area contributed by atoms with Crippen LogP contribution >= 0.6 is 0 Å². The highest BCUT2D eigenvalue weighted by Gasteiger charge is 2.35. The molecule has 1 amide bonds. The fourth-order valence-electron chi connectivity index (χ4n) is 3.20. The number of esters is 1. The molecule has 0 bridgehead atoms. The van der Waals surface area contributed by atoms with Gasteiger partial charge in [0, 0.05) is 18.2 Å². The van der Waals surface area contributed by atoms with E-state index in [1.807, 2.05) is 54.7 Å². The number of carbonyl (C=O) groups excluding carboxylic acids is 2. The summed E-state index contributed by atoms with van der Waals surface area (Å²) in [6.45, 7) is 1.94. The number of carbonyl (C=O) groups is 2. The van der Waals surface area contributed by atoms with E-state index in [1.54, 1.807) is 11.4 Å². The summed E-state index contributed by atoms with van der Waals surface area (Å²) >= 11 is 0.